The highest BCUT2D eigenvalue weighted by atomic mass is 16.5. The molecule has 1 aliphatic heterocycles. The van der Waals surface area contributed by atoms with Crippen LogP contribution in [0.25, 0.3) is 5.70 Å². The first-order chi connectivity index (χ1) is 7.31. The van der Waals surface area contributed by atoms with Crippen molar-refractivity contribution in [2.24, 2.45) is 4.99 Å². The van der Waals surface area contributed by atoms with Gasteiger partial charge in [0.25, 0.3) is 0 Å². The molecule has 2 heteroatoms. The highest BCUT2D eigenvalue weighted by molar-refractivity contribution is 5.94. The minimum atomic E-state index is 0.687. The molecular formula is C13H15NO. The zero-order valence-electron chi connectivity index (χ0n) is 9.16. The van der Waals surface area contributed by atoms with Gasteiger partial charge in [-0.1, -0.05) is 18.2 Å². The summed E-state index contributed by atoms with van der Waals surface area (Å²) in [6.07, 6.45) is 3.10. The van der Waals surface area contributed by atoms with Gasteiger partial charge in [0.05, 0.1) is 12.3 Å². The maximum atomic E-state index is 5.57. The van der Waals surface area contributed by atoms with E-state index < -0.39 is 0 Å². The Morgan fingerprint density at radius 1 is 1.33 bits per heavy atom. The molecular weight excluding hydrogens is 186 g/mol. The van der Waals surface area contributed by atoms with Gasteiger partial charge >= 0.3 is 0 Å². The van der Waals surface area contributed by atoms with Gasteiger partial charge in [-0.3, -0.25) is 4.99 Å². The average Bonchev–Trinajstić information content (AvgIpc) is 2.66. The molecule has 0 bridgehead atoms. The number of hydrogen-bond acceptors (Lipinski definition) is 2. The van der Waals surface area contributed by atoms with E-state index in [9.17, 15) is 0 Å². The third kappa shape index (κ3) is 2.09. The van der Waals surface area contributed by atoms with E-state index in [0.717, 1.165) is 29.1 Å². The van der Waals surface area contributed by atoms with Crippen LogP contribution in [-0.4, -0.2) is 12.3 Å². The van der Waals surface area contributed by atoms with E-state index in [4.69, 9.17) is 4.74 Å². The van der Waals surface area contributed by atoms with E-state index >= 15 is 0 Å². The van der Waals surface area contributed by atoms with E-state index in [0.29, 0.717) is 6.61 Å². The average molecular weight is 201 g/mol. The van der Waals surface area contributed by atoms with Crippen molar-refractivity contribution >= 4 is 11.4 Å². The Labute approximate surface area is 90.3 Å². The van der Waals surface area contributed by atoms with Crippen LogP contribution in [0.5, 0.6) is 5.75 Å². The lowest BCUT2D eigenvalue weighted by Gasteiger charge is -2.08. The summed E-state index contributed by atoms with van der Waals surface area (Å²) in [5.41, 5.74) is 3.30. The first-order valence-electron chi connectivity index (χ1n) is 5.27. The highest BCUT2D eigenvalue weighted by Crippen LogP contribution is 2.29. The van der Waals surface area contributed by atoms with Crippen molar-refractivity contribution in [1.82, 2.24) is 0 Å². The quantitative estimate of drug-likeness (QED) is 0.735. The summed E-state index contributed by atoms with van der Waals surface area (Å²) in [4.78, 5) is 4.50. The minimum absolute atomic E-state index is 0.687. The summed E-state index contributed by atoms with van der Waals surface area (Å²) in [6, 6.07) is 8.05. The third-order valence-electron chi connectivity index (χ3n) is 2.36. The fourth-order valence-electron chi connectivity index (χ4n) is 1.67. The van der Waals surface area contributed by atoms with Crippen molar-refractivity contribution in [3.8, 4) is 5.75 Å². The van der Waals surface area contributed by atoms with Crippen LogP contribution in [0, 0.1) is 0 Å². The molecule has 2 rings (SSSR count). The fourth-order valence-corrected chi connectivity index (χ4v) is 1.67. The summed E-state index contributed by atoms with van der Waals surface area (Å²) >= 11 is 0. The monoisotopic (exact) mass is 201 g/mol. The van der Waals surface area contributed by atoms with Crippen molar-refractivity contribution in [1.29, 1.82) is 0 Å². The van der Waals surface area contributed by atoms with Gasteiger partial charge in [0.1, 0.15) is 5.75 Å². The number of ether oxygens (including phenoxy) is 1. The van der Waals surface area contributed by atoms with Crippen LogP contribution in [0.15, 0.2) is 35.3 Å². The van der Waals surface area contributed by atoms with E-state index in [1.165, 1.54) is 0 Å². The molecule has 78 valence electrons. The number of allylic oxidation sites excluding steroid dienone is 1. The Morgan fingerprint density at radius 3 is 2.80 bits per heavy atom. The van der Waals surface area contributed by atoms with Crippen LogP contribution < -0.4 is 4.74 Å². The van der Waals surface area contributed by atoms with Crippen molar-refractivity contribution in [2.75, 3.05) is 6.61 Å². The van der Waals surface area contributed by atoms with E-state index in [2.05, 4.69) is 17.1 Å². The Kier molecular flexibility index (Phi) is 2.86. The fraction of sp³-hybridized carbons (Fsp3) is 0.308. The van der Waals surface area contributed by atoms with Crippen LogP contribution in [0.1, 0.15) is 25.8 Å². The van der Waals surface area contributed by atoms with Gasteiger partial charge in [0, 0.05) is 17.7 Å². The molecule has 0 fully saturated rings. The maximum Gasteiger partial charge on any atom is 0.128 e. The Morgan fingerprint density at radius 2 is 2.13 bits per heavy atom. The normalized spacial score (nSPS) is 14.8. The molecule has 0 amide bonds. The summed E-state index contributed by atoms with van der Waals surface area (Å²) in [5, 5.41) is 0. The van der Waals surface area contributed by atoms with E-state index in [1.54, 1.807) is 0 Å². The van der Waals surface area contributed by atoms with Crippen LogP contribution in [0.2, 0.25) is 0 Å². The van der Waals surface area contributed by atoms with Crippen LogP contribution in [0.3, 0.4) is 0 Å². The Hall–Kier alpha value is -1.57. The third-order valence-corrected chi connectivity index (χ3v) is 2.36. The lowest BCUT2D eigenvalue weighted by molar-refractivity contribution is 0.339. The molecule has 0 atom stereocenters. The zero-order chi connectivity index (χ0) is 10.7. The first kappa shape index (κ1) is 9.97. The zero-order valence-corrected chi connectivity index (χ0v) is 9.16. The van der Waals surface area contributed by atoms with Crippen LogP contribution in [0.4, 0.5) is 0 Å². The maximum absolute atomic E-state index is 5.57. The minimum Gasteiger partial charge on any atom is -0.493 e. The van der Waals surface area contributed by atoms with Gasteiger partial charge in [0.2, 0.25) is 0 Å². The van der Waals surface area contributed by atoms with Gasteiger partial charge < -0.3 is 4.74 Å². The molecule has 0 saturated carbocycles. The molecule has 0 radical (unpaired) electrons. The summed E-state index contributed by atoms with van der Waals surface area (Å²) in [7, 11) is 0. The molecule has 1 heterocycles. The number of para-hydroxylation sites is 1. The summed E-state index contributed by atoms with van der Waals surface area (Å²) in [6.45, 7) is 4.73. The second-order valence-corrected chi connectivity index (χ2v) is 3.57. The molecule has 1 aromatic carbocycles. The standard InChI is InChI=1S/C13H15NO/c1-3-15-13-7-5-4-6-11(13)12-9-8-10(2)14-12/h4-7,9H,3,8H2,1-2H3. The molecule has 0 spiro atoms. The van der Waals surface area contributed by atoms with Crippen molar-refractivity contribution < 1.29 is 4.74 Å². The van der Waals surface area contributed by atoms with Crippen molar-refractivity contribution in [2.45, 2.75) is 20.3 Å². The lowest BCUT2D eigenvalue weighted by Crippen LogP contribution is -1.94. The number of benzene rings is 1. The van der Waals surface area contributed by atoms with Gasteiger partial charge in [-0.15, -0.1) is 0 Å². The Balaban J connectivity index is 2.35. The second kappa shape index (κ2) is 4.30. The van der Waals surface area contributed by atoms with Gasteiger partial charge in [-0.25, -0.2) is 0 Å². The lowest BCUT2D eigenvalue weighted by atomic mass is 10.1. The predicted molar refractivity (Wildman–Crippen MR) is 63.3 cm³/mol. The van der Waals surface area contributed by atoms with E-state index in [-0.39, 0.29) is 0 Å². The summed E-state index contributed by atoms with van der Waals surface area (Å²) in [5.74, 6) is 0.921. The molecule has 1 aliphatic rings. The molecule has 0 saturated heterocycles. The van der Waals surface area contributed by atoms with Crippen molar-refractivity contribution in [3.05, 3.63) is 35.9 Å². The van der Waals surface area contributed by atoms with Crippen LogP contribution >= 0.6 is 0 Å². The predicted octanol–water partition coefficient (Wildman–Crippen LogP) is 3.29. The van der Waals surface area contributed by atoms with Gasteiger partial charge in [-0.2, -0.15) is 0 Å². The number of aliphatic imine (C=N–C) groups is 1. The molecule has 2 nitrogen and oxygen atoms in total. The number of nitrogens with zero attached hydrogens (tertiary/aromatic N) is 1. The summed E-state index contributed by atoms with van der Waals surface area (Å²) < 4.78 is 5.57. The second-order valence-electron chi connectivity index (χ2n) is 3.57. The smallest absolute Gasteiger partial charge is 0.128 e. The molecule has 0 N–H and O–H groups in total. The molecule has 0 aromatic heterocycles. The topological polar surface area (TPSA) is 21.6 Å². The number of rotatable bonds is 3. The molecule has 0 unspecified atom stereocenters. The van der Waals surface area contributed by atoms with Crippen LogP contribution in [-0.2, 0) is 0 Å². The van der Waals surface area contributed by atoms with Crippen molar-refractivity contribution in [3.63, 3.8) is 0 Å². The highest BCUT2D eigenvalue weighted by Gasteiger charge is 2.11. The molecule has 15 heavy (non-hydrogen) atoms. The van der Waals surface area contributed by atoms with Gasteiger partial charge in [-0.05, 0) is 26.0 Å². The molecule has 0 aliphatic carbocycles. The first-order valence-corrected chi connectivity index (χ1v) is 5.27. The Bertz CT molecular complexity index is 418. The SMILES string of the molecule is CCOc1ccccc1C1=CCC(C)=N1. The van der Waals surface area contributed by atoms with Gasteiger partial charge in [0.15, 0.2) is 0 Å². The molecule has 1 aromatic rings. The largest absolute Gasteiger partial charge is 0.493 e. The van der Waals surface area contributed by atoms with E-state index in [1.807, 2.05) is 32.0 Å². The number of hydrogen-bond donors (Lipinski definition) is 0.